The van der Waals surface area contributed by atoms with E-state index in [0.717, 1.165) is 11.1 Å². The molecule has 3 N–H and O–H groups in total. The third-order valence-corrected chi connectivity index (χ3v) is 4.37. The molecule has 3 amide bonds. The maximum absolute atomic E-state index is 12.1. The Morgan fingerprint density at radius 3 is 2.42 bits per heavy atom. The lowest BCUT2D eigenvalue weighted by Crippen LogP contribution is -2.34. The Kier molecular flexibility index (Phi) is 6.95. The SMILES string of the molecule is Cc1ccc(NC(=O)C(=O)NCc2ccc(/C=N\NC(=O)c3ccccc3C)o2)cc1. The lowest BCUT2D eigenvalue weighted by molar-refractivity contribution is -0.136. The van der Waals surface area contributed by atoms with Crippen molar-refractivity contribution < 1.29 is 18.8 Å². The highest BCUT2D eigenvalue weighted by molar-refractivity contribution is 6.39. The van der Waals surface area contributed by atoms with Gasteiger partial charge >= 0.3 is 11.8 Å². The van der Waals surface area contributed by atoms with Crippen LogP contribution in [0, 0.1) is 13.8 Å². The van der Waals surface area contributed by atoms with Crippen molar-refractivity contribution in [3.63, 3.8) is 0 Å². The molecule has 3 rings (SSSR count). The van der Waals surface area contributed by atoms with Crippen LogP contribution < -0.4 is 16.1 Å². The Hall–Kier alpha value is -4.20. The van der Waals surface area contributed by atoms with Gasteiger partial charge in [-0.2, -0.15) is 5.10 Å². The van der Waals surface area contributed by atoms with Gasteiger partial charge < -0.3 is 15.1 Å². The van der Waals surface area contributed by atoms with E-state index >= 15 is 0 Å². The first-order valence-electron chi connectivity index (χ1n) is 9.56. The predicted molar refractivity (Wildman–Crippen MR) is 117 cm³/mol. The van der Waals surface area contributed by atoms with Gasteiger partial charge in [-0.1, -0.05) is 35.9 Å². The fourth-order valence-electron chi connectivity index (χ4n) is 2.67. The topological polar surface area (TPSA) is 113 Å². The van der Waals surface area contributed by atoms with E-state index < -0.39 is 11.8 Å². The molecule has 31 heavy (non-hydrogen) atoms. The molecule has 1 heterocycles. The van der Waals surface area contributed by atoms with Gasteiger partial charge in [-0.15, -0.1) is 0 Å². The van der Waals surface area contributed by atoms with E-state index in [1.165, 1.54) is 6.21 Å². The van der Waals surface area contributed by atoms with E-state index in [9.17, 15) is 14.4 Å². The largest absolute Gasteiger partial charge is 0.458 e. The number of anilines is 1. The van der Waals surface area contributed by atoms with Gasteiger partial charge in [0, 0.05) is 11.3 Å². The minimum atomic E-state index is -0.780. The molecule has 0 radical (unpaired) electrons. The van der Waals surface area contributed by atoms with Crippen LogP contribution >= 0.6 is 0 Å². The summed E-state index contributed by atoms with van der Waals surface area (Å²) in [5.41, 5.74) is 5.40. The first kappa shape index (κ1) is 21.5. The average Bonchev–Trinajstić information content (AvgIpc) is 3.21. The fourth-order valence-corrected chi connectivity index (χ4v) is 2.67. The van der Waals surface area contributed by atoms with Gasteiger partial charge in [-0.05, 0) is 49.7 Å². The Morgan fingerprint density at radius 2 is 1.68 bits per heavy atom. The summed E-state index contributed by atoms with van der Waals surface area (Å²) in [6, 6.07) is 17.6. The van der Waals surface area contributed by atoms with Crippen molar-refractivity contribution in [3.05, 3.63) is 88.9 Å². The third kappa shape index (κ3) is 6.14. The maximum Gasteiger partial charge on any atom is 0.313 e. The van der Waals surface area contributed by atoms with Gasteiger partial charge in [0.1, 0.15) is 11.5 Å². The molecular weight excluding hydrogens is 396 g/mol. The monoisotopic (exact) mass is 418 g/mol. The number of aryl methyl sites for hydroxylation is 2. The second kappa shape index (κ2) is 10.0. The van der Waals surface area contributed by atoms with Gasteiger partial charge in [0.15, 0.2) is 0 Å². The molecule has 0 bridgehead atoms. The number of nitrogens with one attached hydrogen (secondary N) is 3. The Labute approximate surface area is 179 Å². The molecule has 8 heteroatoms. The number of nitrogens with zero attached hydrogens (tertiary/aromatic N) is 1. The zero-order valence-electron chi connectivity index (χ0n) is 17.1. The highest BCUT2D eigenvalue weighted by Gasteiger charge is 2.14. The van der Waals surface area contributed by atoms with Crippen molar-refractivity contribution in [1.29, 1.82) is 0 Å². The molecule has 8 nitrogen and oxygen atoms in total. The van der Waals surface area contributed by atoms with Gasteiger partial charge in [-0.3, -0.25) is 14.4 Å². The minimum Gasteiger partial charge on any atom is -0.458 e. The van der Waals surface area contributed by atoms with Crippen molar-refractivity contribution in [2.75, 3.05) is 5.32 Å². The molecule has 0 atom stereocenters. The summed E-state index contributed by atoms with van der Waals surface area (Å²) < 4.78 is 5.51. The highest BCUT2D eigenvalue weighted by atomic mass is 16.3. The summed E-state index contributed by atoms with van der Waals surface area (Å²) in [5, 5.41) is 8.89. The van der Waals surface area contributed by atoms with Crippen LogP contribution in [0.5, 0.6) is 0 Å². The predicted octanol–water partition coefficient (Wildman–Crippen LogP) is 2.92. The number of benzene rings is 2. The number of hydrazone groups is 1. The summed E-state index contributed by atoms with van der Waals surface area (Å²) in [5.74, 6) is -1.05. The molecule has 0 saturated heterocycles. The minimum absolute atomic E-state index is 0.0313. The van der Waals surface area contributed by atoms with Crippen LogP contribution in [-0.2, 0) is 16.1 Å². The molecule has 2 aromatic carbocycles. The molecule has 3 aromatic rings. The van der Waals surface area contributed by atoms with E-state index in [2.05, 4.69) is 21.2 Å². The maximum atomic E-state index is 12.1. The fraction of sp³-hybridized carbons (Fsp3) is 0.130. The Balaban J connectivity index is 1.47. The van der Waals surface area contributed by atoms with Crippen molar-refractivity contribution in [2.45, 2.75) is 20.4 Å². The van der Waals surface area contributed by atoms with Crippen molar-refractivity contribution >= 4 is 29.6 Å². The summed E-state index contributed by atoms with van der Waals surface area (Å²) in [4.78, 5) is 36.0. The zero-order valence-corrected chi connectivity index (χ0v) is 17.1. The second-order valence-corrected chi connectivity index (χ2v) is 6.82. The summed E-state index contributed by atoms with van der Waals surface area (Å²) >= 11 is 0. The molecule has 0 aliphatic heterocycles. The molecule has 0 spiro atoms. The summed E-state index contributed by atoms with van der Waals surface area (Å²) in [6.07, 6.45) is 1.35. The lowest BCUT2D eigenvalue weighted by atomic mass is 10.1. The molecule has 0 saturated carbocycles. The van der Waals surface area contributed by atoms with E-state index in [0.29, 0.717) is 22.8 Å². The number of hydrogen-bond acceptors (Lipinski definition) is 5. The molecule has 0 aliphatic rings. The highest BCUT2D eigenvalue weighted by Crippen LogP contribution is 2.09. The zero-order chi connectivity index (χ0) is 22.2. The molecule has 0 aliphatic carbocycles. The van der Waals surface area contributed by atoms with E-state index in [1.54, 1.807) is 36.4 Å². The Bertz CT molecular complexity index is 1120. The molecule has 0 unspecified atom stereocenters. The number of amides is 3. The normalized spacial score (nSPS) is 10.6. The van der Waals surface area contributed by atoms with Gasteiger partial charge in [0.2, 0.25) is 0 Å². The van der Waals surface area contributed by atoms with Crippen LogP contribution in [0.1, 0.15) is 33.0 Å². The number of rotatable bonds is 6. The van der Waals surface area contributed by atoms with Gasteiger partial charge in [-0.25, -0.2) is 5.43 Å². The molecule has 158 valence electrons. The second-order valence-electron chi connectivity index (χ2n) is 6.82. The van der Waals surface area contributed by atoms with Crippen LogP contribution in [0.25, 0.3) is 0 Å². The lowest BCUT2D eigenvalue weighted by Gasteiger charge is -2.05. The van der Waals surface area contributed by atoms with Crippen LogP contribution in [0.15, 0.2) is 70.2 Å². The van der Waals surface area contributed by atoms with Crippen molar-refractivity contribution in [1.82, 2.24) is 10.7 Å². The van der Waals surface area contributed by atoms with Crippen molar-refractivity contribution in [2.24, 2.45) is 5.10 Å². The quantitative estimate of drug-likeness (QED) is 0.324. The van der Waals surface area contributed by atoms with Crippen LogP contribution in [-0.4, -0.2) is 23.9 Å². The Morgan fingerprint density at radius 1 is 0.935 bits per heavy atom. The number of furan rings is 1. The van der Waals surface area contributed by atoms with Gasteiger partial charge in [0.25, 0.3) is 5.91 Å². The summed E-state index contributed by atoms with van der Waals surface area (Å²) in [7, 11) is 0. The standard InChI is InChI=1S/C23H22N4O4/c1-15-7-9-17(10-8-15)26-23(30)22(29)24-13-18-11-12-19(31-18)14-25-27-21(28)20-6-4-3-5-16(20)2/h3-12,14H,13H2,1-2H3,(H,24,29)(H,26,30)(H,27,28)/b25-14-. The number of carbonyl (C=O) groups is 3. The molecule has 0 fully saturated rings. The van der Waals surface area contributed by atoms with Crippen molar-refractivity contribution in [3.8, 4) is 0 Å². The van der Waals surface area contributed by atoms with E-state index in [4.69, 9.17) is 4.42 Å². The molecular formula is C23H22N4O4. The molecule has 1 aromatic heterocycles. The van der Waals surface area contributed by atoms with E-state index in [1.807, 2.05) is 38.1 Å². The first-order chi connectivity index (χ1) is 14.9. The van der Waals surface area contributed by atoms with Crippen LogP contribution in [0.2, 0.25) is 0 Å². The third-order valence-electron chi connectivity index (χ3n) is 4.37. The summed E-state index contributed by atoms with van der Waals surface area (Å²) in [6.45, 7) is 3.80. The van der Waals surface area contributed by atoms with Crippen LogP contribution in [0.3, 0.4) is 0 Å². The van der Waals surface area contributed by atoms with E-state index in [-0.39, 0.29) is 12.5 Å². The number of hydrogen-bond donors (Lipinski definition) is 3. The average molecular weight is 418 g/mol. The van der Waals surface area contributed by atoms with Crippen LogP contribution in [0.4, 0.5) is 5.69 Å². The van der Waals surface area contributed by atoms with Gasteiger partial charge in [0.05, 0.1) is 12.8 Å². The first-order valence-corrected chi connectivity index (χ1v) is 9.56. The smallest absolute Gasteiger partial charge is 0.313 e. The number of carbonyl (C=O) groups excluding carboxylic acids is 3.